The van der Waals surface area contributed by atoms with Crippen molar-refractivity contribution in [1.29, 1.82) is 0 Å². The average molecular weight is 511 g/mol. The number of nitrogens with one attached hydrogen (secondary N) is 3. The van der Waals surface area contributed by atoms with E-state index in [2.05, 4.69) is 30.2 Å². The number of aromatic nitrogens is 3. The van der Waals surface area contributed by atoms with E-state index in [1.165, 1.54) is 11.0 Å². The summed E-state index contributed by atoms with van der Waals surface area (Å²) in [7, 11) is 3.23. The van der Waals surface area contributed by atoms with E-state index in [0.717, 1.165) is 24.2 Å². The van der Waals surface area contributed by atoms with E-state index in [1.54, 1.807) is 43.8 Å². The number of fused-ring (bicyclic) bond motifs is 1. The van der Waals surface area contributed by atoms with Crippen molar-refractivity contribution < 1.29 is 13.2 Å². The molecular formula is C24H30N8O3S. The zero-order valence-electron chi connectivity index (χ0n) is 20.6. The van der Waals surface area contributed by atoms with Gasteiger partial charge in [-0.05, 0) is 32.3 Å². The van der Waals surface area contributed by atoms with E-state index in [0.29, 0.717) is 39.8 Å². The zero-order chi connectivity index (χ0) is 25.9. The Balaban J connectivity index is 1.67. The number of benzene rings is 2. The Bertz CT molecular complexity index is 1480. The molecule has 4 aromatic rings. The maximum atomic E-state index is 12.6. The highest BCUT2D eigenvalue weighted by Crippen LogP contribution is 2.35. The van der Waals surface area contributed by atoms with Gasteiger partial charge in [0.1, 0.15) is 5.75 Å². The van der Waals surface area contributed by atoms with Gasteiger partial charge in [0.25, 0.3) is 0 Å². The van der Waals surface area contributed by atoms with Gasteiger partial charge in [-0.15, -0.1) is 0 Å². The van der Waals surface area contributed by atoms with Crippen molar-refractivity contribution in [2.24, 2.45) is 0 Å². The number of nitrogens with two attached hydrogens (primary N) is 1. The van der Waals surface area contributed by atoms with Crippen LogP contribution in [0.4, 0.5) is 23.0 Å². The van der Waals surface area contributed by atoms with Crippen molar-refractivity contribution in [2.45, 2.75) is 0 Å². The fourth-order valence-corrected chi connectivity index (χ4v) is 4.63. The Kier molecular flexibility index (Phi) is 7.29. The minimum atomic E-state index is -3.73. The molecule has 5 N–H and O–H groups in total. The largest absolute Gasteiger partial charge is 0.494 e. The lowest BCUT2D eigenvalue weighted by molar-refractivity contribution is 0.416. The predicted molar refractivity (Wildman–Crippen MR) is 144 cm³/mol. The lowest BCUT2D eigenvalue weighted by Gasteiger charge is -2.17. The summed E-state index contributed by atoms with van der Waals surface area (Å²) in [6, 6.07) is 12.6. The summed E-state index contributed by atoms with van der Waals surface area (Å²) in [5.74, 6) is 0.883. The number of hydrogen-bond donors (Lipinski definition) is 4. The Morgan fingerprint density at radius 2 is 1.92 bits per heavy atom. The van der Waals surface area contributed by atoms with Gasteiger partial charge in [-0.1, -0.05) is 18.2 Å². The third kappa shape index (κ3) is 5.20. The van der Waals surface area contributed by atoms with E-state index < -0.39 is 10.2 Å². The normalized spacial score (nSPS) is 11.7. The van der Waals surface area contributed by atoms with Crippen LogP contribution in [0.15, 0.2) is 54.9 Å². The molecule has 0 unspecified atom stereocenters. The van der Waals surface area contributed by atoms with E-state index in [1.807, 2.05) is 32.3 Å². The predicted octanol–water partition coefficient (Wildman–Crippen LogP) is 2.72. The summed E-state index contributed by atoms with van der Waals surface area (Å²) in [4.78, 5) is 11.0. The molecule has 0 saturated carbocycles. The Hall–Kier alpha value is -3.87. The first-order valence-electron chi connectivity index (χ1n) is 11.2. The van der Waals surface area contributed by atoms with Crippen LogP contribution in [0.5, 0.6) is 5.75 Å². The first kappa shape index (κ1) is 25.2. The number of methoxy groups -OCH3 is 1. The standard InChI is InChI=1S/C24H30N8O3S/c1-26-36(33,34)32-15-17(16-7-5-6-8-22(16)32)19-9-10-28-24(29-19)30-21-13-18(25)20(14-23(21)35-4)27-11-12-31(2)3/h5-10,13-15,26-27H,11-12,25H2,1-4H3,(H,28,29,30). The molecule has 190 valence electrons. The minimum absolute atomic E-state index is 0.312. The highest BCUT2D eigenvalue weighted by atomic mass is 32.2. The molecule has 0 aliphatic heterocycles. The third-order valence-electron chi connectivity index (χ3n) is 5.62. The Morgan fingerprint density at radius 3 is 2.64 bits per heavy atom. The van der Waals surface area contributed by atoms with Crippen molar-refractivity contribution in [2.75, 3.05) is 57.7 Å². The highest BCUT2D eigenvalue weighted by molar-refractivity contribution is 7.88. The summed E-state index contributed by atoms with van der Waals surface area (Å²) >= 11 is 0. The molecule has 0 amide bonds. The van der Waals surface area contributed by atoms with Gasteiger partial charge >= 0.3 is 10.2 Å². The van der Waals surface area contributed by atoms with Crippen LogP contribution in [-0.2, 0) is 10.2 Å². The molecule has 11 nitrogen and oxygen atoms in total. The van der Waals surface area contributed by atoms with Gasteiger partial charge in [0.2, 0.25) is 5.95 Å². The number of ether oxygens (including phenoxy) is 1. The molecule has 36 heavy (non-hydrogen) atoms. The second-order valence-corrected chi connectivity index (χ2v) is 10.1. The fourth-order valence-electron chi connectivity index (χ4n) is 3.77. The van der Waals surface area contributed by atoms with Gasteiger partial charge in [-0.3, -0.25) is 0 Å². The van der Waals surface area contributed by atoms with Crippen LogP contribution in [0.2, 0.25) is 0 Å². The van der Waals surface area contributed by atoms with E-state index >= 15 is 0 Å². The van der Waals surface area contributed by atoms with Crippen molar-refractivity contribution in [1.82, 2.24) is 23.6 Å². The zero-order valence-corrected chi connectivity index (χ0v) is 21.4. The van der Waals surface area contributed by atoms with Gasteiger partial charge in [0.05, 0.1) is 35.4 Å². The van der Waals surface area contributed by atoms with E-state index in [9.17, 15) is 8.42 Å². The van der Waals surface area contributed by atoms with Crippen LogP contribution in [-0.4, -0.2) is 68.6 Å². The second-order valence-electron chi connectivity index (χ2n) is 8.33. The van der Waals surface area contributed by atoms with Gasteiger partial charge < -0.3 is 26.0 Å². The molecule has 0 fully saturated rings. The van der Waals surface area contributed by atoms with Crippen LogP contribution in [0.25, 0.3) is 22.2 Å². The molecule has 0 bridgehead atoms. The number of nitrogens with zero attached hydrogens (tertiary/aromatic N) is 4. The first-order valence-corrected chi connectivity index (χ1v) is 12.7. The van der Waals surface area contributed by atoms with E-state index in [4.69, 9.17) is 10.5 Å². The maximum absolute atomic E-state index is 12.6. The van der Waals surface area contributed by atoms with Crippen LogP contribution >= 0.6 is 0 Å². The fraction of sp³-hybridized carbons (Fsp3) is 0.250. The molecule has 0 aliphatic carbocycles. The van der Waals surface area contributed by atoms with Crippen molar-refractivity contribution in [3.8, 4) is 17.0 Å². The quantitative estimate of drug-likeness (QED) is 0.237. The SMILES string of the molecule is CNS(=O)(=O)n1cc(-c2ccnc(Nc3cc(N)c(NCCN(C)C)cc3OC)n2)c2ccccc21. The molecular weight excluding hydrogens is 480 g/mol. The van der Waals surface area contributed by atoms with Gasteiger partial charge in [0.15, 0.2) is 0 Å². The number of para-hydroxylation sites is 1. The molecule has 0 saturated heterocycles. The second kappa shape index (κ2) is 10.4. The van der Waals surface area contributed by atoms with E-state index in [-0.39, 0.29) is 0 Å². The van der Waals surface area contributed by atoms with Crippen molar-refractivity contribution in [3.63, 3.8) is 0 Å². The summed E-state index contributed by atoms with van der Waals surface area (Å²) in [6.45, 7) is 1.59. The lowest BCUT2D eigenvalue weighted by Crippen LogP contribution is -2.25. The molecule has 2 heterocycles. The maximum Gasteiger partial charge on any atom is 0.305 e. The number of rotatable bonds is 10. The third-order valence-corrected chi connectivity index (χ3v) is 6.95. The molecule has 2 aromatic heterocycles. The van der Waals surface area contributed by atoms with Crippen LogP contribution in [0.3, 0.4) is 0 Å². The first-order chi connectivity index (χ1) is 17.2. The molecule has 0 radical (unpaired) electrons. The average Bonchev–Trinajstić information content (AvgIpc) is 3.26. The number of anilines is 4. The van der Waals surface area contributed by atoms with Gasteiger partial charge in [-0.25, -0.2) is 18.7 Å². The lowest BCUT2D eigenvalue weighted by atomic mass is 10.1. The summed E-state index contributed by atoms with van der Waals surface area (Å²) in [5.41, 5.74) is 9.96. The summed E-state index contributed by atoms with van der Waals surface area (Å²) in [5, 5.41) is 7.23. The van der Waals surface area contributed by atoms with Crippen LogP contribution in [0.1, 0.15) is 0 Å². The minimum Gasteiger partial charge on any atom is -0.494 e. The monoisotopic (exact) mass is 510 g/mol. The molecule has 12 heteroatoms. The Morgan fingerprint density at radius 1 is 1.14 bits per heavy atom. The highest BCUT2D eigenvalue weighted by Gasteiger charge is 2.19. The van der Waals surface area contributed by atoms with Gasteiger partial charge in [0, 0.05) is 49.5 Å². The number of hydrogen-bond acceptors (Lipinski definition) is 9. The molecule has 4 rings (SSSR count). The molecule has 2 aromatic carbocycles. The summed E-state index contributed by atoms with van der Waals surface area (Å²) < 4.78 is 34.3. The van der Waals surface area contributed by atoms with Crippen molar-refractivity contribution in [3.05, 3.63) is 54.9 Å². The molecule has 0 atom stereocenters. The van der Waals surface area contributed by atoms with Crippen LogP contribution < -0.4 is 25.8 Å². The number of nitrogen functional groups attached to an aromatic ring is 1. The smallest absolute Gasteiger partial charge is 0.305 e. The van der Waals surface area contributed by atoms with Crippen molar-refractivity contribution >= 4 is 44.1 Å². The van der Waals surface area contributed by atoms with Gasteiger partial charge in [-0.2, -0.15) is 8.42 Å². The summed E-state index contributed by atoms with van der Waals surface area (Å²) in [6.07, 6.45) is 3.16. The molecule has 0 spiro atoms. The molecule has 0 aliphatic rings. The van der Waals surface area contributed by atoms with Crippen LogP contribution in [0, 0.1) is 0 Å². The Labute approximate surface area is 210 Å². The topological polar surface area (TPSA) is 139 Å². The number of likely N-dealkylation sites (N-methyl/N-ethyl adjacent to an activating group) is 1.